The summed E-state index contributed by atoms with van der Waals surface area (Å²) in [6, 6.07) is 16.9. The van der Waals surface area contributed by atoms with E-state index in [1.54, 1.807) is 6.20 Å². The lowest BCUT2D eigenvalue weighted by Crippen LogP contribution is -2.24. The summed E-state index contributed by atoms with van der Waals surface area (Å²) in [7, 11) is 0. The molecule has 4 aromatic rings. The van der Waals surface area contributed by atoms with Crippen LogP contribution in [0.25, 0.3) is 16.5 Å². The minimum absolute atomic E-state index is 0.00899. The number of H-pyrrole nitrogens is 1. The molecule has 0 saturated heterocycles. The van der Waals surface area contributed by atoms with Crippen molar-refractivity contribution in [3.8, 4) is 0 Å². The SMILES string of the molecule is CC(c1ccccc1)N(c1ccc2[nH]cc(C3=CCNCC3)c2c1)c1ncc(Br)c(N)n1. The van der Waals surface area contributed by atoms with Crippen LogP contribution in [0.5, 0.6) is 0 Å². The second-order valence-corrected chi connectivity index (χ2v) is 8.83. The van der Waals surface area contributed by atoms with Crippen LogP contribution in [0.4, 0.5) is 17.5 Å². The zero-order valence-electron chi connectivity index (χ0n) is 17.8. The summed E-state index contributed by atoms with van der Waals surface area (Å²) in [6.07, 6.45) is 7.13. The number of hydrogen-bond donors (Lipinski definition) is 3. The molecule has 0 fully saturated rings. The predicted octanol–water partition coefficient (Wildman–Crippen LogP) is 5.58. The second-order valence-electron chi connectivity index (χ2n) is 7.98. The van der Waals surface area contributed by atoms with Crippen LogP contribution in [0.2, 0.25) is 0 Å². The van der Waals surface area contributed by atoms with Crippen molar-refractivity contribution in [1.29, 1.82) is 0 Å². The number of halogens is 1. The van der Waals surface area contributed by atoms with Crippen molar-refractivity contribution in [2.45, 2.75) is 19.4 Å². The van der Waals surface area contributed by atoms with Gasteiger partial charge in [0.05, 0.1) is 10.5 Å². The van der Waals surface area contributed by atoms with Crippen LogP contribution in [0.1, 0.15) is 30.5 Å². The summed E-state index contributed by atoms with van der Waals surface area (Å²) in [4.78, 5) is 14.8. The van der Waals surface area contributed by atoms with Crippen molar-refractivity contribution in [3.63, 3.8) is 0 Å². The standard InChI is InChI=1S/C25H25BrN6/c1-16(17-5-3-2-4-6-17)32(25-30-15-22(26)24(27)31-25)19-7-8-23-20(13-19)21(14-29-23)18-9-11-28-12-10-18/h2-9,13-16,28-29H,10-12H2,1H3,(H2,27,30,31). The Morgan fingerprint density at radius 2 is 2.00 bits per heavy atom. The van der Waals surface area contributed by atoms with Gasteiger partial charge < -0.3 is 20.9 Å². The van der Waals surface area contributed by atoms with Crippen molar-refractivity contribution < 1.29 is 0 Å². The lowest BCUT2D eigenvalue weighted by atomic mass is 9.99. The van der Waals surface area contributed by atoms with Gasteiger partial charge in [-0.25, -0.2) is 4.98 Å². The summed E-state index contributed by atoms with van der Waals surface area (Å²) in [6.45, 7) is 4.07. The van der Waals surface area contributed by atoms with Crippen LogP contribution in [0, 0.1) is 0 Å². The predicted molar refractivity (Wildman–Crippen MR) is 135 cm³/mol. The fraction of sp³-hybridized carbons (Fsp3) is 0.200. The van der Waals surface area contributed by atoms with Gasteiger partial charge in [-0.2, -0.15) is 4.98 Å². The maximum Gasteiger partial charge on any atom is 0.232 e. The fourth-order valence-electron chi connectivity index (χ4n) is 4.27. The molecular weight excluding hydrogens is 464 g/mol. The van der Waals surface area contributed by atoms with Crippen LogP contribution < -0.4 is 16.0 Å². The molecule has 1 aliphatic rings. The van der Waals surface area contributed by atoms with E-state index in [4.69, 9.17) is 5.73 Å². The van der Waals surface area contributed by atoms with Gasteiger partial charge in [-0.15, -0.1) is 0 Å². The Balaban J connectivity index is 1.65. The number of benzene rings is 2. The number of anilines is 3. The summed E-state index contributed by atoms with van der Waals surface area (Å²) >= 11 is 3.41. The molecule has 162 valence electrons. The quantitative estimate of drug-likeness (QED) is 0.341. The van der Waals surface area contributed by atoms with Crippen LogP contribution in [-0.2, 0) is 0 Å². The Morgan fingerprint density at radius 3 is 2.75 bits per heavy atom. The number of nitrogen functional groups attached to an aromatic ring is 1. The number of aromatic amines is 1. The summed E-state index contributed by atoms with van der Waals surface area (Å²) < 4.78 is 0.690. The number of fused-ring (bicyclic) bond motifs is 1. The summed E-state index contributed by atoms with van der Waals surface area (Å²) in [5.74, 6) is 0.989. The van der Waals surface area contributed by atoms with E-state index in [0.717, 1.165) is 30.7 Å². The number of aromatic nitrogens is 3. The highest BCUT2D eigenvalue weighted by atomic mass is 79.9. The average molecular weight is 489 g/mol. The molecule has 0 aliphatic carbocycles. The van der Waals surface area contributed by atoms with E-state index < -0.39 is 0 Å². The third-order valence-corrected chi connectivity index (χ3v) is 6.61. The highest BCUT2D eigenvalue weighted by Crippen LogP contribution is 2.37. The molecule has 1 unspecified atom stereocenters. The first kappa shape index (κ1) is 20.7. The lowest BCUT2D eigenvalue weighted by molar-refractivity contribution is 0.739. The molecule has 2 aromatic carbocycles. The van der Waals surface area contributed by atoms with Crippen molar-refractivity contribution in [2.24, 2.45) is 0 Å². The molecule has 0 spiro atoms. The van der Waals surface area contributed by atoms with Gasteiger partial charge in [-0.05, 0) is 65.2 Å². The van der Waals surface area contributed by atoms with Crippen molar-refractivity contribution >= 4 is 49.9 Å². The number of nitrogens with one attached hydrogen (secondary N) is 2. The largest absolute Gasteiger partial charge is 0.383 e. The Morgan fingerprint density at radius 1 is 1.16 bits per heavy atom. The average Bonchev–Trinajstić information content (AvgIpc) is 3.26. The van der Waals surface area contributed by atoms with Crippen LogP contribution in [-0.4, -0.2) is 28.0 Å². The monoisotopic (exact) mass is 488 g/mol. The molecule has 6 nitrogen and oxygen atoms in total. The highest BCUT2D eigenvalue weighted by Gasteiger charge is 2.23. The third-order valence-electron chi connectivity index (χ3n) is 6.00. The van der Waals surface area contributed by atoms with E-state index in [9.17, 15) is 0 Å². The van der Waals surface area contributed by atoms with Crippen LogP contribution in [0.15, 0.2) is 71.5 Å². The van der Waals surface area contributed by atoms with Gasteiger partial charge in [0.15, 0.2) is 0 Å². The zero-order valence-corrected chi connectivity index (χ0v) is 19.4. The van der Waals surface area contributed by atoms with E-state index in [1.807, 2.05) is 6.07 Å². The van der Waals surface area contributed by atoms with E-state index >= 15 is 0 Å². The number of rotatable bonds is 5. The van der Waals surface area contributed by atoms with E-state index in [0.29, 0.717) is 16.2 Å². The van der Waals surface area contributed by atoms with Gasteiger partial charge in [-0.1, -0.05) is 36.4 Å². The Bertz CT molecular complexity index is 1280. The van der Waals surface area contributed by atoms with Crippen LogP contribution in [0.3, 0.4) is 0 Å². The Kier molecular flexibility index (Phi) is 5.68. The molecule has 2 aromatic heterocycles. The molecule has 0 amide bonds. The van der Waals surface area contributed by atoms with Gasteiger partial charge in [0, 0.05) is 41.1 Å². The molecule has 5 rings (SSSR count). The van der Waals surface area contributed by atoms with Crippen molar-refractivity contribution in [1.82, 2.24) is 20.3 Å². The van der Waals surface area contributed by atoms with E-state index in [1.165, 1.54) is 22.1 Å². The second kappa shape index (κ2) is 8.76. The van der Waals surface area contributed by atoms with Gasteiger partial charge in [-0.3, -0.25) is 0 Å². The zero-order chi connectivity index (χ0) is 22.1. The minimum Gasteiger partial charge on any atom is -0.383 e. The first-order valence-corrected chi connectivity index (χ1v) is 11.5. The summed E-state index contributed by atoms with van der Waals surface area (Å²) in [5.41, 5.74) is 12.1. The van der Waals surface area contributed by atoms with E-state index in [2.05, 4.69) is 103 Å². The molecule has 0 saturated carbocycles. The molecule has 3 heterocycles. The Labute approximate surface area is 195 Å². The third kappa shape index (κ3) is 3.89. The topological polar surface area (TPSA) is 82.9 Å². The molecule has 1 aliphatic heterocycles. The smallest absolute Gasteiger partial charge is 0.232 e. The number of hydrogen-bond acceptors (Lipinski definition) is 5. The van der Waals surface area contributed by atoms with Crippen molar-refractivity contribution in [3.05, 3.63) is 82.6 Å². The molecule has 1 atom stereocenters. The molecule has 0 bridgehead atoms. The first-order chi connectivity index (χ1) is 15.6. The Hall–Kier alpha value is -3.16. The molecule has 0 radical (unpaired) electrons. The minimum atomic E-state index is 0.00899. The number of nitrogens with zero attached hydrogens (tertiary/aromatic N) is 3. The van der Waals surface area contributed by atoms with E-state index in [-0.39, 0.29) is 6.04 Å². The maximum atomic E-state index is 6.13. The number of nitrogens with two attached hydrogens (primary N) is 1. The first-order valence-electron chi connectivity index (χ1n) is 10.8. The maximum absolute atomic E-state index is 6.13. The normalized spacial score (nSPS) is 14.9. The molecule has 4 N–H and O–H groups in total. The van der Waals surface area contributed by atoms with Crippen LogP contribution >= 0.6 is 15.9 Å². The van der Waals surface area contributed by atoms with Crippen molar-refractivity contribution in [2.75, 3.05) is 23.7 Å². The molecule has 7 heteroatoms. The fourth-order valence-corrected chi connectivity index (χ4v) is 4.46. The molecule has 32 heavy (non-hydrogen) atoms. The summed E-state index contributed by atoms with van der Waals surface area (Å²) in [5, 5.41) is 4.59. The lowest BCUT2D eigenvalue weighted by Gasteiger charge is -2.30. The highest BCUT2D eigenvalue weighted by molar-refractivity contribution is 9.10. The van der Waals surface area contributed by atoms with Gasteiger partial charge in [0.25, 0.3) is 0 Å². The molecular formula is C25H25BrN6. The van der Waals surface area contributed by atoms with Gasteiger partial charge in [0.2, 0.25) is 5.95 Å². The van der Waals surface area contributed by atoms with Gasteiger partial charge >= 0.3 is 0 Å². The van der Waals surface area contributed by atoms with Gasteiger partial charge in [0.1, 0.15) is 5.82 Å².